The van der Waals surface area contributed by atoms with Crippen LogP contribution in [0.2, 0.25) is 0 Å². The number of hydrogen-bond acceptors (Lipinski definition) is 4. The number of nitrogens with zero attached hydrogens (tertiary/aromatic N) is 1. The Morgan fingerprint density at radius 3 is 2.46 bits per heavy atom. The standard InChI is InChI=1S/C19H29N3O3S/c1-14(2)22(3)26(24,25)16-6-4-15(5-7-16)13-21-18(23)17-12-19(17)8-10-20-11-9-19/h4-7,14,17,20H,8-13H2,1-3H3,(H,21,23). The van der Waals surface area contributed by atoms with Gasteiger partial charge in [-0.1, -0.05) is 12.1 Å². The van der Waals surface area contributed by atoms with Crippen LogP contribution in [0, 0.1) is 11.3 Å². The Kier molecular flexibility index (Phi) is 5.42. The maximum atomic E-state index is 12.5. The van der Waals surface area contributed by atoms with Crippen LogP contribution in [0.15, 0.2) is 29.2 Å². The van der Waals surface area contributed by atoms with Crippen molar-refractivity contribution in [3.8, 4) is 0 Å². The molecular weight excluding hydrogens is 350 g/mol. The van der Waals surface area contributed by atoms with E-state index in [0.29, 0.717) is 6.54 Å². The molecule has 0 aromatic heterocycles. The van der Waals surface area contributed by atoms with E-state index in [1.165, 1.54) is 4.31 Å². The molecule has 1 saturated heterocycles. The number of piperidine rings is 1. The van der Waals surface area contributed by atoms with Gasteiger partial charge >= 0.3 is 0 Å². The fraction of sp³-hybridized carbons (Fsp3) is 0.632. The average Bonchev–Trinajstić information content (AvgIpc) is 3.32. The topological polar surface area (TPSA) is 78.5 Å². The third-order valence-corrected chi connectivity index (χ3v) is 7.95. The zero-order valence-corrected chi connectivity index (χ0v) is 16.6. The van der Waals surface area contributed by atoms with Gasteiger partial charge in [0, 0.05) is 25.6 Å². The summed E-state index contributed by atoms with van der Waals surface area (Å²) >= 11 is 0. The number of benzene rings is 1. The number of sulfonamides is 1. The maximum absolute atomic E-state index is 12.5. The predicted molar refractivity (Wildman–Crippen MR) is 101 cm³/mol. The predicted octanol–water partition coefficient (Wildman–Crippen LogP) is 1.72. The van der Waals surface area contributed by atoms with E-state index in [0.717, 1.165) is 37.9 Å². The second-order valence-electron chi connectivity index (χ2n) is 7.85. The quantitative estimate of drug-likeness (QED) is 0.789. The Bertz CT molecular complexity index is 753. The summed E-state index contributed by atoms with van der Waals surface area (Å²) in [6, 6.07) is 6.67. The maximum Gasteiger partial charge on any atom is 0.243 e. The molecule has 1 aliphatic carbocycles. The SMILES string of the molecule is CC(C)N(C)S(=O)(=O)c1ccc(CNC(=O)C2CC23CCNCC3)cc1. The van der Waals surface area contributed by atoms with Crippen molar-refractivity contribution in [2.24, 2.45) is 11.3 Å². The van der Waals surface area contributed by atoms with Crippen LogP contribution >= 0.6 is 0 Å². The highest BCUT2D eigenvalue weighted by atomic mass is 32.2. The van der Waals surface area contributed by atoms with Crippen molar-refractivity contribution in [1.29, 1.82) is 0 Å². The third-order valence-electron chi connectivity index (χ3n) is 5.90. The highest BCUT2D eigenvalue weighted by molar-refractivity contribution is 7.89. The van der Waals surface area contributed by atoms with Crippen molar-refractivity contribution in [3.05, 3.63) is 29.8 Å². The van der Waals surface area contributed by atoms with Crippen molar-refractivity contribution in [2.45, 2.75) is 50.6 Å². The summed E-state index contributed by atoms with van der Waals surface area (Å²) in [5.74, 6) is 0.270. The molecular formula is C19H29N3O3S. The van der Waals surface area contributed by atoms with Crippen LogP contribution in [-0.2, 0) is 21.4 Å². The fourth-order valence-electron chi connectivity index (χ4n) is 3.73. The molecule has 1 aliphatic heterocycles. The van der Waals surface area contributed by atoms with Crippen LogP contribution in [0.25, 0.3) is 0 Å². The van der Waals surface area contributed by atoms with Gasteiger partial charge in [0.05, 0.1) is 4.90 Å². The highest BCUT2D eigenvalue weighted by Gasteiger charge is 2.57. The van der Waals surface area contributed by atoms with E-state index in [2.05, 4.69) is 10.6 Å². The summed E-state index contributed by atoms with van der Waals surface area (Å²) in [4.78, 5) is 12.7. The zero-order valence-electron chi connectivity index (χ0n) is 15.8. The lowest BCUT2D eigenvalue weighted by atomic mass is 9.92. The van der Waals surface area contributed by atoms with Gasteiger partial charge in [-0.15, -0.1) is 0 Å². The van der Waals surface area contributed by atoms with Crippen molar-refractivity contribution in [3.63, 3.8) is 0 Å². The Balaban J connectivity index is 1.56. The van der Waals surface area contributed by atoms with E-state index in [9.17, 15) is 13.2 Å². The van der Waals surface area contributed by atoms with Crippen molar-refractivity contribution >= 4 is 15.9 Å². The lowest BCUT2D eigenvalue weighted by Crippen LogP contribution is -2.33. The summed E-state index contributed by atoms with van der Waals surface area (Å²) in [6.07, 6.45) is 3.17. The number of hydrogen-bond donors (Lipinski definition) is 2. The molecule has 1 atom stereocenters. The Morgan fingerprint density at radius 2 is 1.88 bits per heavy atom. The minimum Gasteiger partial charge on any atom is -0.352 e. The Morgan fingerprint density at radius 1 is 1.27 bits per heavy atom. The molecule has 6 nitrogen and oxygen atoms in total. The first kappa shape index (κ1) is 19.3. The zero-order chi connectivity index (χ0) is 18.9. The van der Waals surface area contributed by atoms with Gasteiger partial charge in [0.2, 0.25) is 15.9 Å². The van der Waals surface area contributed by atoms with Crippen LogP contribution < -0.4 is 10.6 Å². The van der Waals surface area contributed by atoms with Crippen molar-refractivity contribution in [1.82, 2.24) is 14.9 Å². The number of amides is 1. The van der Waals surface area contributed by atoms with E-state index in [1.807, 2.05) is 13.8 Å². The lowest BCUT2D eigenvalue weighted by Gasteiger charge is -2.23. The number of carbonyl (C=O) groups excluding carboxylic acids is 1. The molecule has 2 aliphatic rings. The Hall–Kier alpha value is -1.44. The van der Waals surface area contributed by atoms with Gasteiger partial charge in [-0.05, 0) is 69.3 Å². The van der Waals surface area contributed by atoms with Crippen LogP contribution in [0.5, 0.6) is 0 Å². The molecule has 3 rings (SSSR count). The first-order valence-electron chi connectivity index (χ1n) is 9.32. The number of carbonyl (C=O) groups is 1. The normalized spacial score (nSPS) is 22.0. The van der Waals surface area contributed by atoms with Crippen LogP contribution in [-0.4, -0.2) is 44.8 Å². The van der Waals surface area contributed by atoms with Gasteiger partial charge in [0.15, 0.2) is 0 Å². The van der Waals surface area contributed by atoms with Gasteiger partial charge < -0.3 is 10.6 Å². The minimum atomic E-state index is -3.47. The summed E-state index contributed by atoms with van der Waals surface area (Å²) in [7, 11) is -1.88. The third kappa shape index (κ3) is 3.80. The van der Waals surface area contributed by atoms with Crippen LogP contribution in [0.1, 0.15) is 38.7 Å². The first-order valence-corrected chi connectivity index (χ1v) is 10.8. The Labute approximate surface area is 156 Å². The first-order chi connectivity index (χ1) is 12.3. The molecule has 1 unspecified atom stereocenters. The fourth-order valence-corrected chi connectivity index (χ4v) is 5.10. The summed E-state index contributed by atoms with van der Waals surface area (Å²) < 4.78 is 26.3. The molecule has 144 valence electrons. The molecule has 1 aromatic rings. The molecule has 26 heavy (non-hydrogen) atoms. The molecule has 1 saturated carbocycles. The van der Waals surface area contributed by atoms with Gasteiger partial charge in [-0.2, -0.15) is 4.31 Å². The molecule has 7 heteroatoms. The molecule has 1 aromatic carbocycles. The van der Waals surface area contributed by atoms with Crippen molar-refractivity contribution in [2.75, 3.05) is 20.1 Å². The molecule has 2 fully saturated rings. The van der Waals surface area contributed by atoms with E-state index >= 15 is 0 Å². The second kappa shape index (κ2) is 7.29. The molecule has 1 heterocycles. The summed E-state index contributed by atoms with van der Waals surface area (Å²) in [5.41, 5.74) is 1.14. The minimum absolute atomic E-state index is 0.0974. The highest BCUT2D eigenvalue weighted by Crippen LogP contribution is 2.58. The average molecular weight is 380 g/mol. The molecule has 0 bridgehead atoms. The summed E-state index contributed by atoms with van der Waals surface area (Å²) in [5, 5.41) is 6.36. The second-order valence-corrected chi connectivity index (χ2v) is 9.84. The van der Waals surface area contributed by atoms with Crippen molar-refractivity contribution < 1.29 is 13.2 Å². The monoisotopic (exact) mass is 379 g/mol. The molecule has 0 radical (unpaired) electrons. The van der Waals surface area contributed by atoms with E-state index in [4.69, 9.17) is 0 Å². The van der Waals surface area contributed by atoms with Gasteiger partial charge in [-0.3, -0.25) is 4.79 Å². The van der Waals surface area contributed by atoms with Crippen LogP contribution in [0.4, 0.5) is 0 Å². The molecule has 1 spiro atoms. The number of nitrogens with one attached hydrogen (secondary N) is 2. The van der Waals surface area contributed by atoms with E-state index in [1.54, 1.807) is 31.3 Å². The lowest BCUT2D eigenvalue weighted by molar-refractivity contribution is -0.123. The largest absolute Gasteiger partial charge is 0.352 e. The van der Waals surface area contributed by atoms with Gasteiger partial charge in [0.25, 0.3) is 0 Å². The van der Waals surface area contributed by atoms with Gasteiger partial charge in [0.1, 0.15) is 0 Å². The van der Waals surface area contributed by atoms with Gasteiger partial charge in [-0.25, -0.2) is 8.42 Å². The van der Waals surface area contributed by atoms with E-state index < -0.39 is 10.0 Å². The molecule has 2 N–H and O–H groups in total. The summed E-state index contributed by atoms with van der Waals surface area (Å²) in [6.45, 7) is 6.13. The smallest absolute Gasteiger partial charge is 0.243 e. The number of rotatable bonds is 6. The van der Waals surface area contributed by atoms with E-state index in [-0.39, 0.29) is 28.2 Å². The van der Waals surface area contributed by atoms with Crippen LogP contribution in [0.3, 0.4) is 0 Å². The molecule has 1 amide bonds.